The first-order chi connectivity index (χ1) is 12.0. The lowest BCUT2D eigenvalue weighted by Crippen LogP contribution is -1.97. The van der Waals surface area contributed by atoms with Crippen LogP contribution >= 0.6 is 45.2 Å². The van der Waals surface area contributed by atoms with Gasteiger partial charge in [0.15, 0.2) is 11.5 Å². The Morgan fingerprint density at radius 3 is 2.44 bits per heavy atom. The van der Waals surface area contributed by atoms with Crippen LogP contribution in [0.3, 0.4) is 0 Å². The van der Waals surface area contributed by atoms with Gasteiger partial charge in [0, 0.05) is 17.8 Å². The summed E-state index contributed by atoms with van der Waals surface area (Å²) in [6, 6.07) is 8.03. The molecule has 1 aromatic heterocycles. The number of ether oxygens (including phenoxy) is 2. The van der Waals surface area contributed by atoms with Gasteiger partial charge in [-0.05, 0) is 93.2 Å². The SMILES string of the molecule is CCOc1ccc2c(Cc3cc(I)c(OC)c(I)c3)cncc2c1O. The molecule has 130 valence electrons. The first-order valence-corrected chi connectivity index (χ1v) is 9.94. The highest BCUT2D eigenvalue weighted by molar-refractivity contribution is 14.1. The third-order valence-electron chi connectivity index (χ3n) is 3.92. The third-order valence-corrected chi connectivity index (χ3v) is 5.52. The number of fused-ring (bicyclic) bond motifs is 1. The summed E-state index contributed by atoms with van der Waals surface area (Å²) in [7, 11) is 1.69. The number of methoxy groups -OCH3 is 1. The topological polar surface area (TPSA) is 51.6 Å². The molecule has 25 heavy (non-hydrogen) atoms. The highest BCUT2D eigenvalue weighted by Crippen LogP contribution is 2.36. The maximum Gasteiger partial charge on any atom is 0.167 e. The first kappa shape index (κ1) is 18.5. The second kappa shape index (κ2) is 7.94. The number of benzene rings is 2. The summed E-state index contributed by atoms with van der Waals surface area (Å²) in [5.74, 6) is 1.54. The molecule has 0 amide bonds. The van der Waals surface area contributed by atoms with Crippen molar-refractivity contribution in [2.45, 2.75) is 13.3 Å². The van der Waals surface area contributed by atoms with E-state index < -0.39 is 0 Å². The van der Waals surface area contributed by atoms with Crippen molar-refractivity contribution in [1.29, 1.82) is 0 Å². The summed E-state index contributed by atoms with van der Waals surface area (Å²) in [6.45, 7) is 2.40. The average molecular weight is 561 g/mol. The maximum atomic E-state index is 10.4. The molecule has 0 atom stereocenters. The Labute approximate surface area is 173 Å². The molecule has 0 aliphatic rings. The second-order valence-electron chi connectivity index (χ2n) is 5.51. The molecular weight excluding hydrogens is 544 g/mol. The van der Waals surface area contributed by atoms with Crippen LogP contribution in [0.2, 0.25) is 0 Å². The Balaban J connectivity index is 2.04. The van der Waals surface area contributed by atoms with Crippen molar-refractivity contribution in [3.05, 3.63) is 54.9 Å². The smallest absolute Gasteiger partial charge is 0.167 e. The van der Waals surface area contributed by atoms with Gasteiger partial charge in [-0.3, -0.25) is 4.98 Å². The van der Waals surface area contributed by atoms with Crippen molar-refractivity contribution >= 4 is 56.0 Å². The molecule has 3 rings (SSSR count). The van der Waals surface area contributed by atoms with Crippen molar-refractivity contribution in [3.63, 3.8) is 0 Å². The van der Waals surface area contributed by atoms with Gasteiger partial charge in [0.05, 0.1) is 20.9 Å². The van der Waals surface area contributed by atoms with E-state index in [9.17, 15) is 5.11 Å². The van der Waals surface area contributed by atoms with Crippen LogP contribution in [-0.2, 0) is 6.42 Å². The Morgan fingerprint density at radius 2 is 1.80 bits per heavy atom. The molecule has 0 unspecified atom stereocenters. The standard InChI is InChI=1S/C19H17I2NO3/c1-3-25-17-5-4-13-12(9-22-10-14(13)18(17)23)6-11-7-15(20)19(24-2)16(21)8-11/h4-5,7-10,23H,3,6H2,1-2H3. The highest BCUT2D eigenvalue weighted by atomic mass is 127. The van der Waals surface area contributed by atoms with Crippen molar-refractivity contribution in [3.8, 4) is 17.2 Å². The van der Waals surface area contributed by atoms with E-state index in [4.69, 9.17) is 9.47 Å². The lowest BCUT2D eigenvalue weighted by Gasteiger charge is -2.12. The minimum absolute atomic E-state index is 0.146. The molecule has 0 bridgehead atoms. The van der Waals surface area contributed by atoms with E-state index in [2.05, 4.69) is 62.3 Å². The monoisotopic (exact) mass is 561 g/mol. The lowest BCUT2D eigenvalue weighted by molar-refractivity contribution is 0.320. The fourth-order valence-corrected chi connectivity index (χ4v) is 5.15. The lowest BCUT2D eigenvalue weighted by atomic mass is 10.0. The highest BCUT2D eigenvalue weighted by Gasteiger charge is 2.13. The van der Waals surface area contributed by atoms with Gasteiger partial charge in [-0.25, -0.2) is 0 Å². The van der Waals surface area contributed by atoms with Gasteiger partial charge in [-0.1, -0.05) is 6.07 Å². The second-order valence-corrected chi connectivity index (χ2v) is 7.83. The number of hydrogen-bond donors (Lipinski definition) is 1. The van der Waals surface area contributed by atoms with Gasteiger partial charge < -0.3 is 14.6 Å². The Bertz CT molecular complexity index is 905. The summed E-state index contributed by atoms with van der Waals surface area (Å²) in [5, 5.41) is 12.1. The van der Waals surface area contributed by atoms with E-state index in [1.54, 1.807) is 13.3 Å². The summed E-state index contributed by atoms with van der Waals surface area (Å²) in [4.78, 5) is 4.31. The summed E-state index contributed by atoms with van der Waals surface area (Å²) in [6.07, 6.45) is 4.26. The summed E-state index contributed by atoms with van der Waals surface area (Å²) < 4.78 is 13.1. The van der Waals surface area contributed by atoms with Crippen molar-refractivity contribution < 1.29 is 14.6 Å². The van der Waals surface area contributed by atoms with Crippen LogP contribution in [0.15, 0.2) is 36.7 Å². The molecule has 6 heteroatoms. The Kier molecular flexibility index (Phi) is 5.88. The van der Waals surface area contributed by atoms with Gasteiger partial charge in [0.1, 0.15) is 5.75 Å². The van der Waals surface area contributed by atoms with Crippen LogP contribution in [-0.4, -0.2) is 23.8 Å². The molecule has 3 aromatic rings. The molecular formula is C19H17I2NO3. The van der Waals surface area contributed by atoms with Gasteiger partial charge >= 0.3 is 0 Å². The fourth-order valence-electron chi connectivity index (χ4n) is 2.81. The third kappa shape index (κ3) is 3.79. The number of halogens is 2. The van der Waals surface area contributed by atoms with Gasteiger partial charge in [0.2, 0.25) is 0 Å². The van der Waals surface area contributed by atoms with Gasteiger partial charge in [-0.2, -0.15) is 0 Å². The number of phenolic OH excluding ortho intramolecular Hbond substituents is 1. The minimum atomic E-state index is 0.146. The van der Waals surface area contributed by atoms with Crippen molar-refractivity contribution in [1.82, 2.24) is 4.98 Å². The molecule has 0 radical (unpaired) electrons. The van der Waals surface area contributed by atoms with Gasteiger partial charge in [0.25, 0.3) is 0 Å². The normalized spacial score (nSPS) is 10.9. The zero-order valence-corrected chi connectivity index (χ0v) is 18.2. The number of phenols is 1. The first-order valence-electron chi connectivity index (χ1n) is 7.78. The largest absolute Gasteiger partial charge is 0.504 e. The van der Waals surface area contributed by atoms with Crippen molar-refractivity contribution in [2.24, 2.45) is 0 Å². The molecule has 0 spiro atoms. The molecule has 0 saturated heterocycles. The number of nitrogens with zero attached hydrogens (tertiary/aromatic N) is 1. The van der Waals surface area contributed by atoms with Crippen LogP contribution < -0.4 is 9.47 Å². The van der Waals surface area contributed by atoms with E-state index in [0.29, 0.717) is 17.7 Å². The van der Waals surface area contributed by atoms with Gasteiger partial charge in [-0.15, -0.1) is 0 Å². The Morgan fingerprint density at radius 1 is 1.08 bits per heavy atom. The van der Waals surface area contributed by atoms with Crippen LogP contribution in [0.25, 0.3) is 10.8 Å². The number of hydrogen-bond acceptors (Lipinski definition) is 4. The molecule has 1 heterocycles. The molecule has 4 nitrogen and oxygen atoms in total. The molecule has 0 aliphatic heterocycles. The zero-order valence-electron chi connectivity index (χ0n) is 13.8. The minimum Gasteiger partial charge on any atom is -0.504 e. The number of aromatic hydroxyl groups is 1. The fraction of sp³-hybridized carbons (Fsp3) is 0.211. The van der Waals surface area contributed by atoms with Crippen LogP contribution in [0.1, 0.15) is 18.1 Å². The zero-order chi connectivity index (χ0) is 18.0. The van der Waals surface area contributed by atoms with E-state index in [-0.39, 0.29) is 5.75 Å². The van der Waals surface area contributed by atoms with Crippen LogP contribution in [0.5, 0.6) is 17.2 Å². The van der Waals surface area contributed by atoms with E-state index in [1.165, 1.54) is 5.56 Å². The Hall–Kier alpha value is -1.29. The number of pyridine rings is 1. The quantitative estimate of drug-likeness (QED) is 0.439. The number of aromatic nitrogens is 1. The maximum absolute atomic E-state index is 10.4. The van der Waals surface area contributed by atoms with Crippen molar-refractivity contribution in [2.75, 3.05) is 13.7 Å². The van der Waals surface area contributed by atoms with E-state index in [0.717, 1.165) is 30.3 Å². The summed E-state index contributed by atoms with van der Waals surface area (Å²) in [5.41, 5.74) is 2.24. The predicted octanol–water partition coefficient (Wildman–Crippen LogP) is 5.15. The summed E-state index contributed by atoms with van der Waals surface area (Å²) >= 11 is 4.58. The molecule has 0 aliphatic carbocycles. The molecule has 0 saturated carbocycles. The molecule has 1 N–H and O–H groups in total. The number of rotatable bonds is 5. The average Bonchev–Trinajstić information content (AvgIpc) is 2.58. The van der Waals surface area contributed by atoms with E-state index in [1.807, 2.05) is 25.3 Å². The molecule has 2 aromatic carbocycles. The predicted molar refractivity (Wildman–Crippen MR) is 116 cm³/mol. The van der Waals surface area contributed by atoms with Crippen LogP contribution in [0, 0.1) is 7.14 Å². The van der Waals surface area contributed by atoms with E-state index >= 15 is 0 Å². The molecule has 0 fully saturated rings. The van der Waals surface area contributed by atoms with Crippen LogP contribution in [0.4, 0.5) is 0 Å².